The summed E-state index contributed by atoms with van der Waals surface area (Å²) in [6, 6.07) is 6.09. The van der Waals surface area contributed by atoms with Gasteiger partial charge >= 0.3 is 0 Å². The van der Waals surface area contributed by atoms with E-state index in [0.717, 1.165) is 49.9 Å². The van der Waals surface area contributed by atoms with Gasteiger partial charge in [-0.2, -0.15) is 0 Å². The number of nitrogens with one attached hydrogen (secondary N) is 1. The lowest BCUT2D eigenvalue weighted by Crippen LogP contribution is -2.44. The Morgan fingerprint density at radius 2 is 2.05 bits per heavy atom. The second kappa shape index (κ2) is 5.52. The highest BCUT2D eigenvalue weighted by molar-refractivity contribution is 5.73. The molecule has 1 N–H and O–H groups in total. The summed E-state index contributed by atoms with van der Waals surface area (Å²) in [7, 11) is 0. The van der Waals surface area contributed by atoms with E-state index < -0.39 is 0 Å². The number of piperidine rings is 1. The van der Waals surface area contributed by atoms with Gasteiger partial charge < -0.3 is 10.2 Å². The summed E-state index contributed by atoms with van der Waals surface area (Å²) in [4.78, 5) is 13.2. The summed E-state index contributed by atoms with van der Waals surface area (Å²) >= 11 is 0. The quantitative estimate of drug-likeness (QED) is 0.899. The highest BCUT2D eigenvalue weighted by Gasteiger charge is 2.28. The zero-order valence-electron chi connectivity index (χ0n) is 11.9. The molecule has 0 aromatic heterocycles. The number of likely N-dealkylation sites (tertiary alicyclic amines) is 1. The molecule has 1 aliphatic carbocycles. The molecule has 2 aliphatic rings. The number of hydrogen-bond donors (Lipinski definition) is 1. The van der Waals surface area contributed by atoms with E-state index in [-0.39, 0.29) is 17.8 Å². The third-order valence-corrected chi connectivity index (χ3v) is 4.59. The fourth-order valence-corrected chi connectivity index (χ4v) is 3.43. The summed E-state index contributed by atoms with van der Waals surface area (Å²) in [6.07, 6.45) is 3.77. The smallest absolute Gasteiger partial charge is 0.219 e. The van der Waals surface area contributed by atoms with Crippen molar-refractivity contribution in [2.45, 2.75) is 44.7 Å². The number of nitrogens with zero attached hydrogens (tertiary/aromatic N) is 1. The number of carbonyl (C=O) groups excluding carboxylic acids is 1. The maximum absolute atomic E-state index is 13.7. The van der Waals surface area contributed by atoms with Crippen molar-refractivity contribution in [3.05, 3.63) is 35.1 Å². The summed E-state index contributed by atoms with van der Waals surface area (Å²) < 4.78 is 13.7. The Morgan fingerprint density at radius 3 is 2.75 bits per heavy atom. The largest absolute Gasteiger partial charge is 0.343 e. The van der Waals surface area contributed by atoms with Crippen LogP contribution >= 0.6 is 0 Å². The fraction of sp³-hybridized carbons (Fsp3) is 0.562. The van der Waals surface area contributed by atoms with E-state index in [1.807, 2.05) is 11.0 Å². The van der Waals surface area contributed by atoms with Crippen LogP contribution in [0.2, 0.25) is 0 Å². The Kier molecular flexibility index (Phi) is 3.74. The minimum absolute atomic E-state index is 0.0711. The second-order valence-electron chi connectivity index (χ2n) is 5.85. The minimum Gasteiger partial charge on any atom is -0.343 e. The molecule has 3 nitrogen and oxygen atoms in total. The molecule has 108 valence electrons. The molecule has 1 saturated heterocycles. The van der Waals surface area contributed by atoms with E-state index in [2.05, 4.69) is 5.32 Å². The van der Waals surface area contributed by atoms with E-state index in [0.29, 0.717) is 6.04 Å². The first kappa shape index (κ1) is 13.6. The first-order chi connectivity index (χ1) is 9.65. The Balaban J connectivity index is 1.61. The SMILES string of the molecule is CC(=O)N1CCC(NC2CCc3c(F)cccc32)CC1. The van der Waals surface area contributed by atoms with Crippen LogP contribution in [0.4, 0.5) is 4.39 Å². The number of benzene rings is 1. The minimum atomic E-state index is -0.0711. The zero-order chi connectivity index (χ0) is 14.1. The molecule has 0 saturated carbocycles. The molecule has 4 heteroatoms. The Bertz CT molecular complexity index is 509. The number of hydrogen-bond acceptors (Lipinski definition) is 2. The van der Waals surface area contributed by atoms with E-state index in [4.69, 9.17) is 0 Å². The summed E-state index contributed by atoms with van der Waals surface area (Å²) in [5.41, 5.74) is 2.00. The Labute approximate surface area is 119 Å². The molecule has 1 heterocycles. The topological polar surface area (TPSA) is 32.3 Å². The van der Waals surface area contributed by atoms with Crippen molar-refractivity contribution in [3.63, 3.8) is 0 Å². The number of fused-ring (bicyclic) bond motifs is 1. The van der Waals surface area contributed by atoms with Crippen LogP contribution in [0.15, 0.2) is 18.2 Å². The van der Waals surface area contributed by atoms with E-state index in [1.165, 1.54) is 0 Å². The third kappa shape index (κ3) is 2.57. The molecule has 1 fully saturated rings. The average Bonchev–Trinajstić information content (AvgIpc) is 2.84. The maximum atomic E-state index is 13.7. The first-order valence-electron chi connectivity index (χ1n) is 7.44. The first-order valence-corrected chi connectivity index (χ1v) is 7.44. The molecule has 1 aromatic rings. The van der Waals surface area contributed by atoms with Gasteiger partial charge in [0.05, 0.1) is 0 Å². The molecule has 1 aliphatic heterocycles. The molecule has 0 spiro atoms. The van der Waals surface area contributed by atoms with Crippen LogP contribution in [-0.4, -0.2) is 29.9 Å². The van der Waals surface area contributed by atoms with Gasteiger partial charge in [0.15, 0.2) is 0 Å². The molecule has 0 radical (unpaired) electrons. The van der Waals surface area contributed by atoms with Crippen molar-refractivity contribution in [1.29, 1.82) is 0 Å². The molecular formula is C16H21FN2O. The lowest BCUT2D eigenvalue weighted by Gasteiger charge is -2.33. The Morgan fingerprint density at radius 1 is 1.30 bits per heavy atom. The maximum Gasteiger partial charge on any atom is 0.219 e. The molecule has 3 rings (SSSR count). The van der Waals surface area contributed by atoms with Gasteiger partial charge in [-0.15, -0.1) is 0 Å². The van der Waals surface area contributed by atoms with Gasteiger partial charge in [0, 0.05) is 32.1 Å². The van der Waals surface area contributed by atoms with Crippen LogP contribution in [0.25, 0.3) is 0 Å². The predicted octanol–water partition coefficient (Wildman–Crippen LogP) is 2.41. The lowest BCUT2D eigenvalue weighted by molar-refractivity contribution is -0.129. The van der Waals surface area contributed by atoms with Crippen molar-refractivity contribution in [3.8, 4) is 0 Å². The van der Waals surface area contributed by atoms with Crippen LogP contribution in [0.3, 0.4) is 0 Å². The monoisotopic (exact) mass is 276 g/mol. The number of rotatable bonds is 2. The van der Waals surface area contributed by atoms with Crippen LogP contribution in [-0.2, 0) is 11.2 Å². The van der Waals surface area contributed by atoms with Crippen molar-refractivity contribution >= 4 is 5.91 Å². The average molecular weight is 276 g/mol. The molecule has 0 bridgehead atoms. The van der Waals surface area contributed by atoms with Gasteiger partial charge in [0.1, 0.15) is 5.82 Å². The van der Waals surface area contributed by atoms with Crippen LogP contribution in [0.1, 0.15) is 43.4 Å². The number of carbonyl (C=O) groups is 1. The molecule has 1 aromatic carbocycles. The van der Waals surface area contributed by atoms with Crippen LogP contribution in [0, 0.1) is 5.82 Å². The van der Waals surface area contributed by atoms with Crippen LogP contribution < -0.4 is 5.32 Å². The van der Waals surface area contributed by atoms with E-state index in [9.17, 15) is 9.18 Å². The van der Waals surface area contributed by atoms with Crippen molar-refractivity contribution < 1.29 is 9.18 Å². The lowest BCUT2D eigenvalue weighted by atomic mass is 10.0. The van der Waals surface area contributed by atoms with Gasteiger partial charge in [0.25, 0.3) is 0 Å². The molecule has 1 atom stereocenters. The van der Waals surface area contributed by atoms with Gasteiger partial charge in [0.2, 0.25) is 5.91 Å². The number of halogens is 1. The van der Waals surface area contributed by atoms with Gasteiger partial charge in [-0.1, -0.05) is 12.1 Å². The van der Waals surface area contributed by atoms with Crippen molar-refractivity contribution in [2.75, 3.05) is 13.1 Å². The van der Waals surface area contributed by atoms with Crippen molar-refractivity contribution in [1.82, 2.24) is 10.2 Å². The van der Waals surface area contributed by atoms with Crippen LogP contribution in [0.5, 0.6) is 0 Å². The zero-order valence-corrected chi connectivity index (χ0v) is 11.9. The van der Waals surface area contributed by atoms with Gasteiger partial charge in [-0.25, -0.2) is 4.39 Å². The summed E-state index contributed by atoms with van der Waals surface area (Å²) in [5, 5.41) is 3.66. The normalized spacial score (nSPS) is 22.9. The molecule has 1 amide bonds. The third-order valence-electron chi connectivity index (χ3n) is 4.59. The van der Waals surface area contributed by atoms with Gasteiger partial charge in [-0.05, 0) is 42.9 Å². The molecule has 1 unspecified atom stereocenters. The van der Waals surface area contributed by atoms with Crippen molar-refractivity contribution in [2.24, 2.45) is 0 Å². The standard InChI is InChI=1S/C16H21FN2O/c1-11(20)19-9-7-12(8-10-19)18-16-6-5-13-14(16)3-2-4-15(13)17/h2-4,12,16,18H,5-10H2,1H3. The van der Waals surface area contributed by atoms with E-state index in [1.54, 1.807) is 19.1 Å². The second-order valence-corrected chi connectivity index (χ2v) is 5.85. The Hall–Kier alpha value is -1.42. The molecular weight excluding hydrogens is 255 g/mol. The summed E-state index contributed by atoms with van der Waals surface area (Å²) in [6.45, 7) is 3.29. The summed E-state index contributed by atoms with van der Waals surface area (Å²) in [5.74, 6) is 0.0925. The predicted molar refractivity (Wildman–Crippen MR) is 75.9 cm³/mol. The van der Waals surface area contributed by atoms with Gasteiger partial charge in [-0.3, -0.25) is 4.79 Å². The highest BCUT2D eigenvalue weighted by Crippen LogP contribution is 2.33. The van der Waals surface area contributed by atoms with E-state index >= 15 is 0 Å². The fourth-order valence-electron chi connectivity index (χ4n) is 3.43. The molecule has 20 heavy (non-hydrogen) atoms. The highest BCUT2D eigenvalue weighted by atomic mass is 19.1. The number of amides is 1.